The van der Waals surface area contributed by atoms with Gasteiger partial charge in [-0.25, -0.2) is 0 Å². The Labute approximate surface area is 153 Å². The monoisotopic (exact) mass is 439 g/mol. The van der Waals surface area contributed by atoms with E-state index in [9.17, 15) is 4.79 Å². The third kappa shape index (κ3) is 5.08. The van der Waals surface area contributed by atoms with Crippen molar-refractivity contribution in [2.24, 2.45) is 5.92 Å². The van der Waals surface area contributed by atoms with E-state index < -0.39 is 0 Å². The minimum atomic E-state index is -0.161. The van der Waals surface area contributed by atoms with E-state index in [0.29, 0.717) is 18.1 Å². The average molecular weight is 441 g/mol. The van der Waals surface area contributed by atoms with Gasteiger partial charge in [-0.2, -0.15) is 0 Å². The van der Waals surface area contributed by atoms with Gasteiger partial charge in [0.2, 0.25) is 0 Å². The molecule has 1 amide bonds. The van der Waals surface area contributed by atoms with Gasteiger partial charge in [0.05, 0.1) is 16.8 Å². The molecule has 2 aromatic carbocycles. The molecule has 0 radical (unpaired) electrons. The number of nitrogens with one attached hydrogen (secondary N) is 1. The van der Waals surface area contributed by atoms with Crippen LogP contribution in [0.1, 0.15) is 29.8 Å². The normalized spacial score (nSPS) is 10.7. The van der Waals surface area contributed by atoms with Crippen LogP contribution in [-0.4, -0.2) is 12.5 Å². The number of carbonyl (C=O) groups is 1. The van der Waals surface area contributed by atoms with Gasteiger partial charge in [-0.15, -0.1) is 0 Å². The number of amides is 1. The lowest BCUT2D eigenvalue weighted by molar-refractivity contribution is 0.102. The van der Waals surface area contributed by atoms with Gasteiger partial charge in [0.15, 0.2) is 0 Å². The van der Waals surface area contributed by atoms with Crippen molar-refractivity contribution >= 4 is 43.5 Å². The number of anilines is 1. The second-order valence-corrected chi connectivity index (χ2v) is 7.50. The van der Waals surface area contributed by atoms with Crippen molar-refractivity contribution in [3.63, 3.8) is 0 Å². The summed E-state index contributed by atoms with van der Waals surface area (Å²) >= 11 is 6.93. The molecule has 0 aliphatic rings. The fourth-order valence-electron chi connectivity index (χ4n) is 1.93. The molecule has 2 rings (SSSR count). The number of hydrogen-bond acceptors (Lipinski definition) is 2. The topological polar surface area (TPSA) is 38.3 Å². The predicted molar refractivity (Wildman–Crippen MR) is 101 cm³/mol. The summed E-state index contributed by atoms with van der Waals surface area (Å²) in [5, 5.41) is 2.90. The third-order valence-electron chi connectivity index (χ3n) is 3.14. The summed E-state index contributed by atoms with van der Waals surface area (Å²) in [4.78, 5) is 12.4. The van der Waals surface area contributed by atoms with Crippen LogP contribution >= 0.6 is 31.9 Å². The Morgan fingerprint density at radius 2 is 1.87 bits per heavy atom. The highest BCUT2D eigenvalue weighted by molar-refractivity contribution is 9.11. The molecule has 0 atom stereocenters. The largest absolute Gasteiger partial charge is 0.492 e. The van der Waals surface area contributed by atoms with Crippen LogP contribution in [0.25, 0.3) is 0 Å². The summed E-state index contributed by atoms with van der Waals surface area (Å²) in [7, 11) is 0. The highest BCUT2D eigenvalue weighted by Crippen LogP contribution is 2.28. The van der Waals surface area contributed by atoms with Gasteiger partial charge in [0, 0.05) is 10.0 Å². The maximum atomic E-state index is 12.4. The van der Waals surface area contributed by atoms with E-state index in [4.69, 9.17) is 4.74 Å². The maximum absolute atomic E-state index is 12.4. The molecular formula is C18H19Br2NO2. The van der Waals surface area contributed by atoms with Gasteiger partial charge >= 0.3 is 0 Å². The molecule has 2 aromatic rings. The van der Waals surface area contributed by atoms with Crippen LogP contribution in [0.5, 0.6) is 5.75 Å². The third-order valence-corrected chi connectivity index (χ3v) is 4.41. The van der Waals surface area contributed by atoms with Gasteiger partial charge in [0.1, 0.15) is 5.75 Å². The van der Waals surface area contributed by atoms with E-state index in [2.05, 4.69) is 51.0 Å². The fraction of sp³-hybridized carbons (Fsp3) is 0.278. The Kier molecular flexibility index (Phi) is 6.25. The number of aryl methyl sites for hydroxylation is 1. The van der Waals surface area contributed by atoms with Crippen molar-refractivity contribution in [2.45, 2.75) is 20.8 Å². The molecule has 0 heterocycles. The van der Waals surface area contributed by atoms with Crippen molar-refractivity contribution in [3.05, 3.63) is 56.5 Å². The number of hydrogen-bond donors (Lipinski definition) is 1. The number of rotatable bonds is 5. The van der Waals surface area contributed by atoms with Crippen LogP contribution in [0.3, 0.4) is 0 Å². The zero-order valence-electron chi connectivity index (χ0n) is 13.3. The van der Waals surface area contributed by atoms with Crippen LogP contribution < -0.4 is 10.1 Å². The van der Waals surface area contributed by atoms with Crippen LogP contribution in [-0.2, 0) is 0 Å². The first kappa shape index (κ1) is 18.0. The number of carbonyl (C=O) groups excluding carboxylic acids is 1. The molecule has 0 saturated heterocycles. The molecule has 0 spiro atoms. The number of ether oxygens (including phenoxy) is 1. The summed E-state index contributed by atoms with van der Waals surface area (Å²) in [6, 6.07) is 11.1. The Hall–Kier alpha value is -1.33. The van der Waals surface area contributed by atoms with Crippen LogP contribution in [0.4, 0.5) is 5.69 Å². The summed E-state index contributed by atoms with van der Waals surface area (Å²) in [5.41, 5.74) is 2.45. The van der Waals surface area contributed by atoms with Crippen LogP contribution in [0, 0.1) is 12.8 Å². The summed E-state index contributed by atoms with van der Waals surface area (Å²) in [5.74, 6) is 1.03. The van der Waals surface area contributed by atoms with Crippen molar-refractivity contribution in [3.8, 4) is 5.75 Å². The summed E-state index contributed by atoms with van der Waals surface area (Å²) < 4.78 is 7.33. The van der Waals surface area contributed by atoms with E-state index in [-0.39, 0.29) is 5.91 Å². The Morgan fingerprint density at radius 1 is 1.13 bits per heavy atom. The van der Waals surface area contributed by atoms with Crippen molar-refractivity contribution in [2.75, 3.05) is 11.9 Å². The van der Waals surface area contributed by atoms with E-state index in [1.54, 1.807) is 12.1 Å². The van der Waals surface area contributed by atoms with Crippen LogP contribution in [0.2, 0.25) is 0 Å². The first-order chi connectivity index (χ1) is 10.9. The smallest absolute Gasteiger partial charge is 0.255 e. The molecule has 0 unspecified atom stereocenters. The minimum Gasteiger partial charge on any atom is -0.492 e. The highest BCUT2D eigenvalue weighted by Gasteiger charge is 2.11. The highest BCUT2D eigenvalue weighted by atomic mass is 79.9. The van der Waals surface area contributed by atoms with Crippen LogP contribution in [0.15, 0.2) is 45.3 Å². The Morgan fingerprint density at radius 3 is 2.48 bits per heavy atom. The molecule has 0 aliphatic carbocycles. The molecule has 0 aromatic heterocycles. The standard InChI is InChI=1S/C18H19Br2NO2/c1-11(2)10-23-17-7-5-13(9-15(17)20)18(22)21-16-6-4-12(3)8-14(16)19/h4-9,11H,10H2,1-3H3,(H,21,22). The summed E-state index contributed by atoms with van der Waals surface area (Å²) in [6.45, 7) is 6.83. The molecule has 0 saturated carbocycles. The molecule has 122 valence electrons. The first-order valence-electron chi connectivity index (χ1n) is 7.36. The van der Waals surface area contributed by atoms with Gasteiger partial charge in [0.25, 0.3) is 5.91 Å². The molecule has 5 heteroatoms. The lowest BCUT2D eigenvalue weighted by Gasteiger charge is -2.12. The van der Waals surface area contributed by atoms with Crippen molar-refractivity contribution < 1.29 is 9.53 Å². The van der Waals surface area contributed by atoms with Gasteiger partial charge in [-0.1, -0.05) is 19.9 Å². The summed E-state index contributed by atoms with van der Waals surface area (Å²) in [6.07, 6.45) is 0. The zero-order chi connectivity index (χ0) is 17.0. The quantitative estimate of drug-likeness (QED) is 0.637. The molecule has 1 N–H and O–H groups in total. The fourth-order valence-corrected chi connectivity index (χ4v) is 3.02. The predicted octanol–water partition coefficient (Wildman–Crippen LogP) is 5.81. The minimum absolute atomic E-state index is 0.161. The van der Waals surface area contributed by atoms with Crippen molar-refractivity contribution in [1.82, 2.24) is 0 Å². The van der Waals surface area contributed by atoms with Crippen molar-refractivity contribution in [1.29, 1.82) is 0 Å². The molecule has 23 heavy (non-hydrogen) atoms. The van der Waals surface area contributed by atoms with E-state index in [1.807, 2.05) is 31.2 Å². The average Bonchev–Trinajstić information content (AvgIpc) is 2.48. The van der Waals surface area contributed by atoms with E-state index in [1.165, 1.54) is 0 Å². The number of halogens is 2. The molecular weight excluding hydrogens is 422 g/mol. The lowest BCUT2D eigenvalue weighted by Crippen LogP contribution is -2.12. The van der Waals surface area contributed by atoms with E-state index in [0.717, 1.165) is 25.9 Å². The van der Waals surface area contributed by atoms with Gasteiger partial charge in [-0.3, -0.25) is 4.79 Å². The SMILES string of the molecule is Cc1ccc(NC(=O)c2ccc(OCC(C)C)c(Br)c2)c(Br)c1. The molecule has 3 nitrogen and oxygen atoms in total. The van der Waals surface area contributed by atoms with Gasteiger partial charge < -0.3 is 10.1 Å². The first-order valence-corrected chi connectivity index (χ1v) is 8.95. The molecule has 0 fully saturated rings. The molecule has 0 aliphatic heterocycles. The maximum Gasteiger partial charge on any atom is 0.255 e. The lowest BCUT2D eigenvalue weighted by atomic mass is 10.2. The van der Waals surface area contributed by atoms with Gasteiger partial charge in [-0.05, 0) is 80.6 Å². The van der Waals surface area contributed by atoms with E-state index >= 15 is 0 Å². The second kappa shape index (κ2) is 7.97. The molecule has 0 bridgehead atoms. The zero-order valence-corrected chi connectivity index (χ0v) is 16.5. The Balaban J connectivity index is 2.12. The number of benzene rings is 2. The Bertz CT molecular complexity index is 714. The second-order valence-electron chi connectivity index (χ2n) is 5.79.